The molecule has 1 N–H and O–H groups in total. The molecule has 0 aliphatic carbocycles. The van der Waals surface area contributed by atoms with Gasteiger partial charge in [0, 0.05) is 29.6 Å². The number of hydrogen-bond donors (Lipinski definition) is 1. The summed E-state index contributed by atoms with van der Waals surface area (Å²) in [6, 6.07) is 30.6. The first kappa shape index (κ1) is 27.0. The second-order valence-corrected chi connectivity index (χ2v) is 11.5. The van der Waals surface area contributed by atoms with Crippen LogP contribution in [-0.4, -0.2) is 34.2 Å². The number of benzene rings is 4. The summed E-state index contributed by atoms with van der Waals surface area (Å²) >= 11 is 0. The fourth-order valence-electron chi connectivity index (χ4n) is 4.71. The number of furan rings is 1. The Morgan fingerprint density at radius 2 is 1.55 bits per heavy atom. The van der Waals surface area contributed by atoms with Crippen LogP contribution in [0.25, 0.3) is 39.5 Å². The van der Waals surface area contributed by atoms with Gasteiger partial charge in [-0.15, -0.1) is 0 Å². The fraction of sp³-hybridized carbons (Fsp3) is 0.121. The van der Waals surface area contributed by atoms with Crippen LogP contribution >= 0.6 is 0 Å². The molecule has 0 spiro atoms. The molecule has 0 fully saturated rings. The van der Waals surface area contributed by atoms with Crippen molar-refractivity contribution in [2.45, 2.75) is 6.92 Å². The third-order valence-electron chi connectivity index (χ3n) is 6.71. The minimum absolute atomic E-state index is 0.118. The first-order chi connectivity index (χ1) is 19.3. The summed E-state index contributed by atoms with van der Waals surface area (Å²) in [6.45, 7) is 2.11. The van der Waals surface area contributed by atoms with Crippen molar-refractivity contribution in [2.75, 3.05) is 24.2 Å². The zero-order chi connectivity index (χ0) is 28.3. The van der Waals surface area contributed by atoms with E-state index >= 15 is 0 Å². The van der Waals surface area contributed by atoms with Crippen molar-refractivity contribution in [3.05, 3.63) is 120 Å². The number of hydrogen-bond acceptors (Lipinski definition) is 4. The molecule has 0 unspecified atom stereocenters. The number of fused-ring (bicyclic) bond motifs is 1. The van der Waals surface area contributed by atoms with Crippen LogP contribution in [0, 0.1) is 6.92 Å². The van der Waals surface area contributed by atoms with Crippen LogP contribution in [0.2, 0.25) is 0 Å². The molecular weight excluding hydrogens is 520 g/mol. The van der Waals surface area contributed by atoms with Crippen molar-refractivity contribution in [1.82, 2.24) is 5.32 Å². The van der Waals surface area contributed by atoms with Crippen LogP contribution in [0.15, 0.2) is 108 Å². The second kappa shape index (κ2) is 11.2. The van der Waals surface area contributed by atoms with Gasteiger partial charge in [-0.05, 0) is 24.1 Å². The predicted molar refractivity (Wildman–Crippen MR) is 163 cm³/mol. The van der Waals surface area contributed by atoms with E-state index in [0.29, 0.717) is 33.5 Å². The summed E-state index contributed by atoms with van der Waals surface area (Å²) < 4.78 is 34.0. The Morgan fingerprint density at radius 1 is 0.900 bits per heavy atom. The van der Waals surface area contributed by atoms with E-state index in [0.717, 1.165) is 22.3 Å². The quantitative estimate of drug-likeness (QED) is 0.228. The molecule has 202 valence electrons. The summed E-state index contributed by atoms with van der Waals surface area (Å²) in [7, 11) is -2.11. The number of nitrogens with zero attached hydrogens (tertiary/aromatic N) is 1. The van der Waals surface area contributed by atoms with Gasteiger partial charge in [-0.3, -0.25) is 9.10 Å². The van der Waals surface area contributed by atoms with Crippen molar-refractivity contribution in [3.63, 3.8) is 0 Å². The highest BCUT2D eigenvalue weighted by Crippen LogP contribution is 2.41. The number of aryl methyl sites for hydroxylation is 1. The number of nitrogens with one attached hydrogen (secondary N) is 1. The van der Waals surface area contributed by atoms with Crippen LogP contribution in [-0.2, 0) is 10.0 Å². The number of sulfonamides is 1. The lowest BCUT2D eigenvalue weighted by Gasteiger charge is -2.24. The van der Waals surface area contributed by atoms with Crippen LogP contribution in [0.1, 0.15) is 21.5 Å². The lowest BCUT2D eigenvalue weighted by atomic mass is 9.98. The minimum atomic E-state index is -3.69. The third kappa shape index (κ3) is 5.55. The number of carbonyl (C=O) groups excluding carboxylic acids is 1. The molecule has 1 amide bonds. The molecule has 0 bridgehead atoms. The zero-order valence-electron chi connectivity index (χ0n) is 22.6. The van der Waals surface area contributed by atoms with Crippen LogP contribution in [0.5, 0.6) is 0 Å². The SMILES string of the molecule is CNC(=O)c1c(-c2ccc(C)cc2)oc2cc(N(C/C=C/c3ccccc3)S(C)(=O)=O)c(-c3ccccc3)cc12. The third-order valence-corrected chi connectivity index (χ3v) is 7.86. The van der Waals surface area contributed by atoms with Gasteiger partial charge in [-0.1, -0.05) is 103 Å². The minimum Gasteiger partial charge on any atom is -0.455 e. The summed E-state index contributed by atoms with van der Waals surface area (Å²) in [5, 5.41) is 3.33. The maximum absolute atomic E-state index is 13.2. The normalized spacial score (nSPS) is 11.7. The lowest BCUT2D eigenvalue weighted by molar-refractivity contribution is 0.0964. The molecule has 6 nitrogen and oxygen atoms in total. The number of amides is 1. The Hall–Kier alpha value is -4.62. The molecule has 0 radical (unpaired) electrons. The van der Waals surface area contributed by atoms with Crippen molar-refractivity contribution >= 4 is 38.7 Å². The summed E-state index contributed by atoms with van der Waals surface area (Å²) in [5.41, 5.74) is 5.60. The van der Waals surface area contributed by atoms with E-state index in [1.165, 1.54) is 10.6 Å². The zero-order valence-corrected chi connectivity index (χ0v) is 23.4. The number of anilines is 1. The molecule has 0 saturated heterocycles. The molecule has 5 rings (SSSR count). The highest BCUT2D eigenvalue weighted by molar-refractivity contribution is 7.92. The van der Waals surface area contributed by atoms with Gasteiger partial charge in [-0.2, -0.15) is 0 Å². The molecular formula is C33H30N2O4S. The molecule has 4 aromatic carbocycles. The van der Waals surface area contributed by atoms with Gasteiger partial charge in [0.2, 0.25) is 10.0 Å². The summed E-state index contributed by atoms with van der Waals surface area (Å²) in [4.78, 5) is 13.2. The maximum atomic E-state index is 13.2. The van der Waals surface area contributed by atoms with Gasteiger partial charge in [-0.25, -0.2) is 8.42 Å². The monoisotopic (exact) mass is 550 g/mol. The van der Waals surface area contributed by atoms with Gasteiger partial charge in [0.05, 0.1) is 24.1 Å². The van der Waals surface area contributed by atoms with E-state index in [1.807, 2.05) is 110 Å². The van der Waals surface area contributed by atoms with E-state index < -0.39 is 10.0 Å². The average molecular weight is 551 g/mol. The van der Waals surface area contributed by atoms with E-state index in [-0.39, 0.29) is 12.5 Å². The Bertz CT molecular complexity index is 1790. The van der Waals surface area contributed by atoms with E-state index in [1.54, 1.807) is 13.1 Å². The molecule has 1 aromatic heterocycles. The number of carbonyl (C=O) groups is 1. The lowest BCUT2D eigenvalue weighted by Crippen LogP contribution is -2.30. The van der Waals surface area contributed by atoms with Gasteiger partial charge in [0.1, 0.15) is 11.3 Å². The maximum Gasteiger partial charge on any atom is 0.255 e. The van der Waals surface area contributed by atoms with Gasteiger partial charge in [0.25, 0.3) is 5.91 Å². The van der Waals surface area contributed by atoms with Gasteiger partial charge >= 0.3 is 0 Å². The largest absolute Gasteiger partial charge is 0.455 e. The fourth-order valence-corrected chi connectivity index (χ4v) is 5.57. The Balaban J connectivity index is 1.74. The molecule has 0 saturated carbocycles. The van der Waals surface area contributed by atoms with Gasteiger partial charge in [0.15, 0.2) is 0 Å². The molecule has 5 aromatic rings. The molecule has 0 aliphatic heterocycles. The van der Waals surface area contributed by atoms with Crippen molar-refractivity contribution in [2.24, 2.45) is 0 Å². The first-order valence-electron chi connectivity index (χ1n) is 12.9. The van der Waals surface area contributed by atoms with E-state index in [2.05, 4.69) is 5.32 Å². The van der Waals surface area contributed by atoms with Gasteiger partial charge < -0.3 is 9.73 Å². The number of rotatable bonds is 8. The van der Waals surface area contributed by atoms with Crippen LogP contribution in [0.3, 0.4) is 0 Å². The highest BCUT2D eigenvalue weighted by Gasteiger charge is 2.26. The Kier molecular flexibility index (Phi) is 7.58. The van der Waals surface area contributed by atoms with Crippen molar-refractivity contribution < 1.29 is 17.6 Å². The smallest absolute Gasteiger partial charge is 0.255 e. The molecule has 0 aliphatic rings. The molecule has 0 atom stereocenters. The standard InChI is InChI=1S/C33H30N2O4S/c1-23-16-18-26(19-17-23)32-31(33(36)34-2)28-21-27(25-14-8-5-9-15-25)29(22-30(28)39-32)35(40(3,37)38)20-10-13-24-11-6-4-7-12-24/h4-19,21-22H,20H2,1-3H3,(H,34,36)/b13-10+. The van der Waals surface area contributed by atoms with E-state index in [9.17, 15) is 13.2 Å². The second-order valence-electron chi connectivity index (χ2n) is 9.59. The first-order valence-corrected chi connectivity index (χ1v) is 14.8. The Morgan fingerprint density at radius 3 is 2.17 bits per heavy atom. The van der Waals surface area contributed by atoms with Crippen LogP contribution < -0.4 is 9.62 Å². The highest BCUT2D eigenvalue weighted by atomic mass is 32.2. The molecule has 1 heterocycles. The predicted octanol–water partition coefficient (Wildman–Crippen LogP) is 6.91. The Labute approximate surface area is 234 Å². The van der Waals surface area contributed by atoms with Crippen LogP contribution in [0.4, 0.5) is 5.69 Å². The van der Waals surface area contributed by atoms with Crippen molar-refractivity contribution in [1.29, 1.82) is 0 Å². The van der Waals surface area contributed by atoms with Crippen molar-refractivity contribution in [3.8, 4) is 22.5 Å². The van der Waals surface area contributed by atoms with E-state index in [4.69, 9.17) is 4.42 Å². The average Bonchev–Trinajstić information content (AvgIpc) is 3.33. The molecule has 7 heteroatoms. The summed E-state index contributed by atoms with van der Waals surface area (Å²) in [6.07, 6.45) is 4.91. The topological polar surface area (TPSA) is 79.6 Å². The molecule has 40 heavy (non-hydrogen) atoms. The summed E-state index contributed by atoms with van der Waals surface area (Å²) in [5.74, 6) is 0.146.